The van der Waals surface area contributed by atoms with Crippen LogP contribution in [-0.4, -0.2) is 0 Å². The molecular weight excluding hydrogens is 150 g/mol. The van der Waals surface area contributed by atoms with Crippen molar-refractivity contribution in [2.45, 2.75) is 13.3 Å². The van der Waals surface area contributed by atoms with E-state index in [0.29, 0.717) is 0 Å². The van der Waals surface area contributed by atoms with Crippen LogP contribution in [0.4, 0.5) is 0 Å². The largest absolute Gasteiger partial charge is 0.470 e. The highest BCUT2D eigenvalue weighted by Gasteiger charge is 2.14. The lowest BCUT2D eigenvalue weighted by Crippen LogP contribution is -2.04. The van der Waals surface area contributed by atoms with Crippen LogP contribution in [-0.2, 0) is 4.74 Å². The Bertz CT molecular complexity index is 281. The molecule has 12 heavy (non-hydrogen) atoms. The molecule has 0 radical (unpaired) electrons. The summed E-state index contributed by atoms with van der Waals surface area (Å²) < 4.78 is 5.12. The van der Waals surface area contributed by atoms with Crippen LogP contribution in [0.1, 0.15) is 13.3 Å². The molecule has 0 N–H and O–H groups in total. The van der Waals surface area contributed by atoms with Gasteiger partial charge in [-0.2, -0.15) is 5.26 Å². The van der Waals surface area contributed by atoms with Gasteiger partial charge in [0.05, 0.1) is 12.3 Å². The maximum absolute atomic E-state index is 8.67. The van der Waals surface area contributed by atoms with E-state index in [1.165, 1.54) is 6.26 Å². The summed E-state index contributed by atoms with van der Waals surface area (Å²) in [5.41, 5.74) is 0.811. The lowest BCUT2D eigenvalue weighted by atomic mass is 9.93. The first-order chi connectivity index (χ1) is 5.77. The number of nitriles is 1. The van der Waals surface area contributed by atoms with Crippen LogP contribution >= 0.6 is 0 Å². The van der Waals surface area contributed by atoms with Crippen molar-refractivity contribution in [2.24, 2.45) is 5.92 Å². The smallest absolute Gasteiger partial charge is 0.104 e. The van der Waals surface area contributed by atoms with E-state index >= 15 is 0 Å². The normalized spacial score (nSPS) is 21.8. The molecule has 2 nitrogen and oxygen atoms in total. The highest BCUT2D eigenvalue weighted by atomic mass is 16.5. The fourth-order valence-electron chi connectivity index (χ4n) is 1.17. The third kappa shape index (κ3) is 1.76. The minimum Gasteiger partial charge on any atom is -0.470 e. The molecular formula is C10H11NO. The Kier molecular flexibility index (Phi) is 2.71. The van der Waals surface area contributed by atoms with E-state index in [2.05, 4.69) is 12.6 Å². The Morgan fingerprint density at radius 1 is 1.75 bits per heavy atom. The molecule has 0 heterocycles. The summed E-state index contributed by atoms with van der Waals surface area (Å²) in [6, 6.07) is 2.15. The van der Waals surface area contributed by atoms with Gasteiger partial charge in [-0.25, -0.2) is 0 Å². The molecule has 0 aromatic rings. The first kappa shape index (κ1) is 8.61. The molecule has 0 aromatic heterocycles. The predicted octanol–water partition coefficient (Wildman–Crippen LogP) is 2.52. The summed E-state index contributed by atoms with van der Waals surface area (Å²) >= 11 is 0. The summed E-state index contributed by atoms with van der Waals surface area (Å²) in [6.07, 6.45) is 5.81. The second-order valence-corrected chi connectivity index (χ2v) is 2.76. The SMILES string of the molecule is C=COC1=CC=C(C#N)C(C)C1. The number of hydrogen-bond donors (Lipinski definition) is 0. The van der Waals surface area contributed by atoms with Gasteiger partial charge in [-0.3, -0.25) is 0 Å². The van der Waals surface area contributed by atoms with E-state index in [0.717, 1.165) is 17.8 Å². The van der Waals surface area contributed by atoms with Crippen molar-refractivity contribution in [3.63, 3.8) is 0 Å². The second-order valence-electron chi connectivity index (χ2n) is 2.76. The zero-order valence-electron chi connectivity index (χ0n) is 7.08. The highest BCUT2D eigenvalue weighted by Crippen LogP contribution is 2.24. The van der Waals surface area contributed by atoms with Gasteiger partial charge in [-0.15, -0.1) is 0 Å². The third-order valence-electron chi connectivity index (χ3n) is 1.85. The van der Waals surface area contributed by atoms with Crippen molar-refractivity contribution in [3.05, 3.63) is 36.3 Å². The first-order valence-electron chi connectivity index (χ1n) is 3.86. The van der Waals surface area contributed by atoms with Gasteiger partial charge in [0.1, 0.15) is 5.76 Å². The molecule has 0 spiro atoms. The van der Waals surface area contributed by atoms with Gasteiger partial charge in [0.15, 0.2) is 0 Å². The van der Waals surface area contributed by atoms with Crippen molar-refractivity contribution in [2.75, 3.05) is 0 Å². The summed E-state index contributed by atoms with van der Waals surface area (Å²) in [6.45, 7) is 5.48. The quantitative estimate of drug-likeness (QED) is 0.583. The average Bonchev–Trinajstić information content (AvgIpc) is 2.05. The first-order valence-corrected chi connectivity index (χ1v) is 3.86. The lowest BCUT2D eigenvalue weighted by molar-refractivity contribution is 0.319. The molecule has 0 saturated carbocycles. The second kappa shape index (κ2) is 3.77. The van der Waals surface area contributed by atoms with Crippen LogP contribution < -0.4 is 0 Å². The number of nitrogens with zero attached hydrogens (tertiary/aromatic N) is 1. The Morgan fingerprint density at radius 2 is 2.50 bits per heavy atom. The van der Waals surface area contributed by atoms with Crippen LogP contribution in [0.15, 0.2) is 36.3 Å². The number of ether oxygens (including phenoxy) is 1. The summed E-state index contributed by atoms with van der Waals surface area (Å²) in [7, 11) is 0. The van der Waals surface area contributed by atoms with Crippen LogP contribution in [0.5, 0.6) is 0 Å². The van der Waals surface area contributed by atoms with Gasteiger partial charge in [0.2, 0.25) is 0 Å². The maximum Gasteiger partial charge on any atom is 0.104 e. The van der Waals surface area contributed by atoms with E-state index in [-0.39, 0.29) is 5.92 Å². The van der Waals surface area contributed by atoms with Gasteiger partial charge >= 0.3 is 0 Å². The van der Waals surface area contributed by atoms with E-state index < -0.39 is 0 Å². The third-order valence-corrected chi connectivity index (χ3v) is 1.85. The minimum absolute atomic E-state index is 0.259. The monoisotopic (exact) mass is 161 g/mol. The zero-order chi connectivity index (χ0) is 8.97. The van der Waals surface area contributed by atoms with Gasteiger partial charge in [-0.05, 0) is 18.1 Å². The minimum atomic E-state index is 0.259. The van der Waals surface area contributed by atoms with Crippen molar-refractivity contribution in [1.82, 2.24) is 0 Å². The fourth-order valence-corrected chi connectivity index (χ4v) is 1.17. The Morgan fingerprint density at radius 3 is 3.00 bits per heavy atom. The summed E-state index contributed by atoms with van der Waals surface area (Å²) in [4.78, 5) is 0. The van der Waals surface area contributed by atoms with Crippen molar-refractivity contribution < 1.29 is 4.74 Å². The molecule has 1 rings (SSSR count). The predicted molar refractivity (Wildman–Crippen MR) is 46.8 cm³/mol. The van der Waals surface area contributed by atoms with Crippen LogP contribution in [0.3, 0.4) is 0 Å². The van der Waals surface area contributed by atoms with Gasteiger partial charge in [0, 0.05) is 12.0 Å². The highest BCUT2D eigenvalue weighted by molar-refractivity contribution is 5.33. The summed E-state index contributed by atoms with van der Waals surface area (Å²) in [5, 5.41) is 8.67. The molecule has 0 aliphatic heterocycles. The van der Waals surface area contributed by atoms with Gasteiger partial charge in [0.25, 0.3) is 0 Å². The molecule has 0 bridgehead atoms. The number of allylic oxidation sites excluding steroid dienone is 4. The zero-order valence-corrected chi connectivity index (χ0v) is 7.08. The molecule has 62 valence electrons. The van der Waals surface area contributed by atoms with Gasteiger partial charge in [-0.1, -0.05) is 13.5 Å². The van der Waals surface area contributed by atoms with E-state index in [1.807, 2.05) is 13.0 Å². The van der Waals surface area contributed by atoms with Crippen molar-refractivity contribution in [3.8, 4) is 6.07 Å². The number of hydrogen-bond acceptors (Lipinski definition) is 2. The topological polar surface area (TPSA) is 33.0 Å². The van der Waals surface area contributed by atoms with Gasteiger partial charge < -0.3 is 4.74 Å². The van der Waals surface area contributed by atoms with Crippen molar-refractivity contribution in [1.29, 1.82) is 5.26 Å². The van der Waals surface area contributed by atoms with Crippen LogP contribution in [0.25, 0.3) is 0 Å². The lowest BCUT2D eigenvalue weighted by Gasteiger charge is -2.15. The molecule has 1 aliphatic rings. The molecule has 0 aromatic carbocycles. The summed E-state index contributed by atoms with van der Waals surface area (Å²) in [5.74, 6) is 1.13. The molecule has 0 fully saturated rings. The van der Waals surface area contributed by atoms with E-state index in [9.17, 15) is 0 Å². The Labute approximate surface area is 72.5 Å². The molecule has 0 saturated heterocycles. The van der Waals surface area contributed by atoms with E-state index in [1.54, 1.807) is 6.08 Å². The van der Waals surface area contributed by atoms with E-state index in [4.69, 9.17) is 10.00 Å². The molecule has 2 heteroatoms. The van der Waals surface area contributed by atoms with Crippen molar-refractivity contribution >= 4 is 0 Å². The fraction of sp³-hybridized carbons (Fsp3) is 0.300. The average molecular weight is 161 g/mol. The molecule has 1 aliphatic carbocycles. The Balaban J connectivity index is 2.75. The number of rotatable bonds is 2. The van der Waals surface area contributed by atoms with Crippen LogP contribution in [0.2, 0.25) is 0 Å². The molecule has 0 amide bonds. The van der Waals surface area contributed by atoms with Crippen LogP contribution in [0, 0.1) is 17.2 Å². The molecule has 1 atom stereocenters. The standard InChI is InChI=1S/C10H11NO/c1-3-12-10-5-4-9(7-11)8(2)6-10/h3-5,8H,1,6H2,2H3. The Hall–Kier alpha value is -1.49. The maximum atomic E-state index is 8.67. The molecule has 1 unspecified atom stereocenters.